The molecule has 0 atom stereocenters. The third-order valence-electron chi connectivity index (χ3n) is 3.81. The zero-order valence-corrected chi connectivity index (χ0v) is 18.0. The first-order chi connectivity index (χ1) is 12.3. The van der Waals surface area contributed by atoms with E-state index >= 15 is 0 Å². The summed E-state index contributed by atoms with van der Waals surface area (Å²) < 4.78 is 27.9. The molecule has 0 saturated carbocycles. The number of anilines is 1. The maximum Gasteiger partial charge on any atom is 0.258 e. The molecule has 1 N–H and O–H groups in total. The highest BCUT2D eigenvalue weighted by Crippen LogP contribution is 2.26. The van der Waals surface area contributed by atoms with Crippen LogP contribution in [0.25, 0.3) is 0 Å². The van der Waals surface area contributed by atoms with Gasteiger partial charge in [0.05, 0.1) is 5.02 Å². The zero-order chi connectivity index (χ0) is 20.6. The number of hydrogen-bond acceptors (Lipinski definition) is 3. The lowest BCUT2D eigenvalue weighted by molar-refractivity contribution is 0.0993. The molecule has 0 saturated heterocycles. The van der Waals surface area contributed by atoms with Gasteiger partial charge in [0.15, 0.2) is 0 Å². The Morgan fingerprint density at radius 2 is 1.59 bits per heavy atom. The van der Waals surface area contributed by atoms with Gasteiger partial charge in [0, 0.05) is 23.8 Å². The highest BCUT2D eigenvalue weighted by molar-refractivity contribution is 7.89. The Kier molecular flexibility index (Phi) is 6.04. The molecule has 0 aromatic heterocycles. The predicted octanol–water partition coefficient (Wildman–Crippen LogP) is 4.31. The van der Waals surface area contributed by atoms with E-state index in [-0.39, 0.29) is 21.4 Å². The minimum atomic E-state index is -3.86. The Bertz CT molecular complexity index is 959. The second kappa shape index (κ2) is 7.62. The lowest BCUT2D eigenvalue weighted by Crippen LogP contribution is -2.40. The first-order valence-electron chi connectivity index (χ1n) is 8.50. The third-order valence-corrected chi connectivity index (χ3v) is 6.05. The van der Waals surface area contributed by atoms with Gasteiger partial charge >= 0.3 is 0 Å². The first kappa shape index (κ1) is 21.4. The number of nitrogens with zero attached hydrogens (tertiary/aromatic N) is 1. The number of benzene rings is 2. The van der Waals surface area contributed by atoms with Crippen LogP contribution < -0.4 is 9.62 Å². The van der Waals surface area contributed by atoms with E-state index in [1.165, 1.54) is 23.1 Å². The van der Waals surface area contributed by atoms with Crippen LogP contribution in [0.2, 0.25) is 5.02 Å². The van der Waals surface area contributed by atoms with Crippen molar-refractivity contribution >= 4 is 33.2 Å². The lowest BCUT2D eigenvalue weighted by atomic mass is 10.1. The van der Waals surface area contributed by atoms with Gasteiger partial charge in [0.1, 0.15) is 4.90 Å². The number of carbonyl (C=O) groups is 1. The molecule has 7 heteroatoms. The molecule has 146 valence electrons. The van der Waals surface area contributed by atoms with Crippen molar-refractivity contribution in [1.29, 1.82) is 0 Å². The monoisotopic (exact) mass is 408 g/mol. The van der Waals surface area contributed by atoms with Crippen LogP contribution in [0.15, 0.2) is 41.3 Å². The molecule has 2 rings (SSSR count). The molecule has 0 bridgehead atoms. The Morgan fingerprint density at radius 3 is 2.11 bits per heavy atom. The van der Waals surface area contributed by atoms with Crippen molar-refractivity contribution in [1.82, 2.24) is 4.72 Å². The average molecular weight is 409 g/mol. The molecule has 0 unspecified atom stereocenters. The Labute approximate surface area is 166 Å². The summed E-state index contributed by atoms with van der Waals surface area (Å²) in [6.07, 6.45) is 0. The second-order valence-corrected chi connectivity index (χ2v) is 9.77. The summed E-state index contributed by atoms with van der Waals surface area (Å²) in [5, 5.41) is 0.0670. The standard InChI is InChI=1S/C20H25ClN2O3S/c1-13-9-14(2)11-16(10-13)23(6)19(24)15-7-8-17(21)18(12-15)27(25,26)22-20(3,4)5/h7-12,22H,1-6H3. The molecule has 0 aliphatic rings. The minimum Gasteiger partial charge on any atom is -0.311 e. The molecule has 0 spiro atoms. The van der Waals surface area contributed by atoms with E-state index in [0.29, 0.717) is 0 Å². The van der Waals surface area contributed by atoms with Gasteiger partial charge in [-0.25, -0.2) is 13.1 Å². The van der Waals surface area contributed by atoms with E-state index in [1.807, 2.05) is 32.0 Å². The van der Waals surface area contributed by atoms with Gasteiger partial charge in [-0.1, -0.05) is 17.7 Å². The Morgan fingerprint density at radius 1 is 1.04 bits per heavy atom. The highest BCUT2D eigenvalue weighted by Gasteiger charge is 2.26. The van der Waals surface area contributed by atoms with Crippen LogP contribution in [0.3, 0.4) is 0 Å². The van der Waals surface area contributed by atoms with Crippen LogP contribution in [-0.4, -0.2) is 26.9 Å². The molecule has 2 aromatic rings. The van der Waals surface area contributed by atoms with Crippen LogP contribution in [-0.2, 0) is 10.0 Å². The summed E-state index contributed by atoms with van der Waals surface area (Å²) in [6, 6.07) is 10.1. The molecule has 0 fully saturated rings. The Hall–Kier alpha value is -1.89. The SMILES string of the molecule is Cc1cc(C)cc(N(C)C(=O)c2ccc(Cl)c(S(=O)(=O)NC(C)(C)C)c2)c1. The summed E-state index contributed by atoms with van der Waals surface area (Å²) in [5.41, 5.74) is 2.40. The number of aryl methyl sites for hydroxylation is 2. The van der Waals surface area contributed by atoms with Gasteiger partial charge in [0.2, 0.25) is 10.0 Å². The molecule has 0 radical (unpaired) electrons. The van der Waals surface area contributed by atoms with Crippen molar-refractivity contribution in [2.75, 3.05) is 11.9 Å². The minimum absolute atomic E-state index is 0.0670. The molecule has 0 heterocycles. The summed E-state index contributed by atoms with van der Waals surface area (Å²) in [4.78, 5) is 14.3. The molecule has 1 amide bonds. The molecule has 27 heavy (non-hydrogen) atoms. The summed E-state index contributed by atoms with van der Waals surface area (Å²) in [7, 11) is -2.20. The molecule has 0 aliphatic heterocycles. The molecular formula is C20H25ClN2O3S. The van der Waals surface area contributed by atoms with Crippen molar-refractivity contribution in [3.05, 3.63) is 58.1 Å². The largest absolute Gasteiger partial charge is 0.311 e. The fourth-order valence-electron chi connectivity index (χ4n) is 2.76. The average Bonchev–Trinajstić information content (AvgIpc) is 2.50. The van der Waals surface area contributed by atoms with E-state index in [1.54, 1.807) is 27.8 Å². The number of halogens is 1. The van der Waals surface area contributed by atoms with Crippen molar-refractivity contribution < 1.29 is 13.2 Å². The van der Waals surface area contributed by atoms with E-state index < -0.39 is 15.6 Å². The smallest absolute Gasteiger partial charge is 0.258 e. The van der Waals surface area contributed by atoms with E-state index in [0.717, 1.165) is 16.8 Å². The quantitative estimate of drug-likeness (QED) is 0.819. The maximum atomic E-state index is 12.9. The van der Waals surface area contributed by atoms with Crippen molar-refractivity contribution in [2.45, 2.75) is 45.1 Å². The van der Waals surface area contributed by atoms with E-state index in [4.69, 9.17) is 11.6 Å². The number of amides is 1. The second-order valence-electron chi connectivity index (χ2n) is 7.71. The lowest BCUT2D eigenvalue weighted by Gasteiger charge is -2.22. The normalized spacial score (nSPS) is 12.1. The first-order valence-corrected chi connectivity index (χ1v) is 10.4. The summed E-state index contributed by atoms with van der Waals surface area (Å²) in [6.45, 7) is 9.13. The van der Waals surface area contributed by atoms with E-state index in [2.05, 4.69) is 4.72 Å². The van der Waals surface area contributed by atoms with Gasteiger partial charge in [-0.05, 0) is 76.1 Å². The van der Waals surface area contributed by atoms with Crippen LogP contribution >= 0.6 is 11.6 Å². The van der Waals surface area contributed by atoms with Crippen molar-refractivity contribution in [3.63, 3.8) is 0 Å². The molecule has 2 aromatic carbocycles. The van der Waals surface area contributed by atoms with Gasteiger partial charge in [-0.2, -0.15) is 0 Å². The van der Waals surface area contributed by atoms with Crippen LogP contribution in [0.5, 0.6) is 0 Å². The van der Waals surface area contributed by atoms with Gasteiger partial charge in [0.25, 0.3) is 5.91 Å². The highest BCUT2D eigenvalue weighted by atomic mass is 35.5. The van der Waals surface area contributed by atoms with Crippen LogP contribution in [0.4, 0.5) is 5.69 Å². The Balaban J connectivity index is 2.43. The van der Waals surface area contributed by atoms with Crippen LogP contribution in [0.1, 0.15) is 42.3 Å². The fraction of sp³-hybridized carbons (Fsp3) is 0.350. The predicted molar refractivity (Wildman–Crippen MR) is 110 cm³/mol. The van der Waals surface area contributed by atoms with Gasteiger partial charge in [-0.15, -0.1) is 0 Å². The topological polar surface area (TPSA) is 66.5 Å². The van der Waals surface area contributed by atoms with Gasteiger partial charge < -0.3 is 4.90 Å². The molecule has 0 aliphatic carbocycles. The number of rotatable bonds is 4. The third kappa shape index (κ3) is 5.31. The number of carbonyl (C=O) groups excluding carboxylic acids is 1. The van der Waals surface area contributed by atoms with Crippen molar-refractivity contribution in [2.24, 2.45) is 0 Å². The van der Waals surface area contributed by atoms with E-state index in [9.17, 15) is 13.2 Å². The molecular weight excluding hydrogens is 384 g/mol. The van der Waals surface area contributed by atoms with Crippen molar-refractivity contribution in [3.8, 4) is 0 Å². The zero-order valence-electron chi connectivity index (χ0n) is 16.4. The number of hydrogen-bond donors (Lipinski definition) is 1. The summed E-state index contributed by atoms with van der Waals surface area (Å²) >= 11 is 6.11. The van der Waals surface area contributed by atoms with Gasteiger partial charge in [-0.3, -0.25) is 4.79 Å². The fourth-order valence-corrected chi connectivity index (χ4v) is 4.70. The number of nitrogens with one attached hydrogen (secondary N) is 1. The summed E-state index contributed by atoms with van der Waals surface area (Å²) in [5.74, 6) is -0.316. The van der Waals surface area contributed by atoms with Crippen LogP contribution in [0, 0.1) is 13.8 Å². The molecule has 5 nitrogen and oxygen atoms in total. The number of sulfonamides is 1. The maximum absolute atomic E-state index is 12.9.